The first kappa shape index (κ1) is 24.4. The fourth-order valence-electron chi connectivity index (χ4n) is 3.38. The summed E-state index contributed by atoms with van der Waals surface area (Å²) < 4.78 is 47.4. The fourth-order valence-corrected chi connectivity index (χ4v) is 3.92. The van der Waals surface area contributed by atoms with Gasteiger partial charge >= 0.3 is 12.1 Å². The molecule has 0 radical (unpaired) electrons. The van der Waals surface area contributed by atoms with Gasteiger partial charge in [-0.15, -0.1) is 0 Å². The lowest BCUT2D eigenvalue weighted by Gasteiger charge is -2.28. The first-order valence-corrected chi connectivity index (χ1v) is 10.2. The van der Waals surface area contributed by atoms with Crippen LogP contribution in [0.1, 0.15) is 45.8 Å². The Labute approximate surface area is 197 Å². The number of carboxylic acids is 1. The van der Waals surface area contributed by atoms with Gasteiger partial charge in [0, 0.05) is 11.2 Å². The van der Waals surface area contributed by atoms with Crippen molar-refractivity contribution in [3.63, 3.8) is 0 Å². The van der Waals surface area contributed by atoms with Gasteiger partial charge < -0.3 is 9.84 Å². The van der Waals surface area contributed by atoms with E-state index in [-0.39, 0.29) is 43.9 Å². The molecule has 2 atom stereocenters. The SMILES string of the molecule is CC(c1ccc(Oc2ncc(C(=O)O)cc2Cl)cc1Cl)C(c1ccc(C#N)cc1)C(F)(F)F. The molecular formula is C23H15Cl2F3N2O3. The normalized spacial score (nSPS) is 13.1. The van der Waals surface area contributed by atoms with Crippen LogP contribution in [-0.4, -0.2) is 22.2 Å². The van der Waals surface area contributed by atoms with Gasteiger partial charge in [-0.3, -0.25) is 0 Å². The van der Waals surface area contributed by atoms with E-state index in [1.807, 2.05) is 6.07 Å². The second-order valence-corrected chi connectivity index (χ2v) is 7.96. The molecule has 3 rings (SSSR count). The van der Waals surface area contributed by atoms with Crippen LogP contribution in [0.4, 0.5) is 13.2 Å². The molecule has 10 heteroatoms. The van der Waals surface area contributed by atoms with E-state index < -0.39 is 24.0 Å². The van der Waals surface area contributed by atoms with Crippen molar-refractivity contribution in [3.8, 4) is 17.7 Å². The largest absolute Gasteiger partial charge is 0.478 e. The molecule has 0 aliphatic rings. The lowest BCUT2D eigenvalue weighted by atomic mass is 9.82. The topological polar surface area (TPSA) is 83.2 Å². The number of pyridine rings is 1. The molecule has 5 nitrogen and oxygen atoms in total. The highest BCUT2D eigenvalue weighted by Gasteiger charge is 2.45. The molecule has 0 saturated carbocycles. The number of nitriles is 1. The molecule has 3 aromatic rings. The molecule has 2 unspecified atom stereocenters. The Kier molecular flexibility index (Phi) is 7.15. The maximum absolute atomic E-state index is 14.0. The Balaban J connectivity index is 1.89. The highest BCUT2D eigenvalue weighted by molar-refractivity contribution is 6.32. The van der Waals surface area contributed by atoms with Crippen molar-refractivity contribution in [2.75, 3.05) is 0 Å². The number of hydrogen-bond acceptors (Lipinski definition) is 4. The summed E-state index contributed by atoms with van der Waals surface area (Å²) in [5.41, 5.74) is 0.391. The Morgan fingerprint density at radius 1 is 1.12 bits per heavy atom. The van der Waals surface area contributed by atoms with Gasteiger partial charge in [-0.25, -0.2) is 9.78 Å². The van der Waals surface area contributed by atoms with Crippen LogP contribution in [0.25, 0.3) is 0 Å². The second kappa shape index (κ2) is 9.69. The molecule has 0 fully saturated rings. The summed E-state index contributed by atoms with van der Waals surface area (Å²) in [6, 6.07) is 12.5. The van der Waals surface area contributed by atoms with Gasteiger partial charge in [0.1, 0.15) is 10.8 Å². The molecule has 33 heavy (non-hydrogen) atoms. The minimum absolute atomic E-state index is 0.0138. The molecule has 0 aliphatic carbocycles. The zero-order chi connectivity index (χ0) is 24.3. The lowest BCUT2D eigenvalue weighted by molar-refractivity contribution is -0.154. The number of halogens is 5. The summed E-state index contributed by atoms with van der Waals surface area (Å²) in [5, 5.41) is 17.9. The van der Waals surface area contributed by atoms with Crippen molar-refractivity contribution >= 4 is 29.2 Å². The van der Waals surface area contributed by atoms with E-state index in [0.717, 1.165) is 12.3 Å². The standard InChI is InChI=1S/C23H15Cl2F3N2O3/c1-12(20(23(26,27)28)14-4-2-13(10-29)3-5-14)17-7-6-16(9-18(17)24)33-21-19(25)8-15(11-30-21)22(31)32/h2-9,11-12,20H,1H3,(H,31,32). The summed E-state index contributed by atoms with van der Waals surface area (Å²) in [6.07, 6.45) is -3.50. The van der Waals surface area contributed by atoms with Crippen LogP contribution in [0.3, 0.4) is 0 Å². The van der Waals surface area contributed by atoms with Gasteiger partial charge in [-0.2, -0.15) is 18.4 Å². The summed E-state index contributed by atoms with van der Waals surface area (Å²) in [6.45, 7) is 1.42. The molecular weight excluding hydrogens is 480 g/mol. The molecule has 0 spiro atoms. The molecule has 0 bridgehead atoms. The van der Waals surface area contributed by atoms with Gasteiger partial charge in [0.2, 0.25) is 5.88 Å². The van der Waals surface area contributed by atoms with E-state index in [0.29, 0.717) is 0 Å². The van der Waals surface area contributed by atoms with Crippen molar-refractivity contribution < 1.29 is 27.8 Å². The minimum Gasteiger partial charge on any atom is -0.478 e. The van der Waals surface area contributed by atoms with E-state index in [9.17, 15) is 18.0 Å². The number of nitrogens with zero attached hydrogens (tertiary/aromatic N) is 2. The van der Waals surface area contributed by atoms with Gasteiger partial charge in [-0.1, -0.05) is 48.3 Å². The van der Waals surface area contributed by atoms with Crippen molar-refractivity contribution in [1.82, 2.24) is 4.98 Å². The van der Waals surface area contributed by atoms with Gasteiger partial charge in [0.25, 0.3) is 0 Å². The van der Waals surface area contributed by atoms with Crippen LogP contribution in [0.5, 0.6) is 11.6 Å². The summed E-state index contributed by atoms with van der Waals surface area (Å²) in [4.78, 5) is 14.8. The number of carboxylic acid groups (broad SMARTS) is 1. The number of aromatic carboxylic acids is 1. The summed E-state index contributed by atoms with van der Waals surface area (Å²) >= 11 is 12.3. The molecule has 0 saturated heterocycles. The third kappa shape index (κ3) is 5.56. The average Bonchev–Trinajstić information content (AvgIpc) is 2.74. The molecule has 2 aromatic carbocycles. The van der Waals surface area contributed by atoms with Crippen LogP contribution in [-0.2, 0) is 0 Å². The van der Waals surface area contributed by atoms with Gasteiger partial charge in [-0.05, 0) is 47.4 Å². The maximum Gasteiger partial charge on any atom is 0.396 e. The number of hydrogen-bond donors (Lipinski definition) is 1. The van der Waals surface area contributed by atoms with Crippen LogP contribution in [0, 0.1) is 11.3 Å². The highest BCUT2D eigenvalue weighted by atomic mass is 35.5. The molecule has 0 aliphatic heterocycles. The summed E-state index contributed by atoms with van der Waals surface area (Å²) in [5.74, 6) is -4.02. The van der Waals surface area contributed by atoms with E-state index in [1.54, 1.807) is 0 Å². The number of carbonyl (C=O) groups is 1. The smallest absolute Gasteiger partial charge is 0.396 e. The monoisotopic (exact) mass is 494 g/mol. The van der Waals surface area contributed by atoms with Crippen molar-refractivity contribution in [3.05, 3.63) is 87.0 Å². The van der Waals surface area contributed by atoms with Crippen molar-refractivity contribution in [2.45, 2.75) is 24.9 Å². The number of rotatable bonds is 6. The third-order valence-electron chi connectivity index (χ3n) is 4.98. The van der Waals surface area contributed by atoms with Crippen LogP contribution >= 0.6 is 23.2 Å². The molecule has 0 amide bonds. The van der Waals surface area contributed by atoms with E-state index in [4.69, 9.17) is 38.3 Å². The number of aromatic nitrogens is 1. The van der Waals surface area contributed by atoms with E-state index >= 15 is 0 Å². The quantitative estimate of drug-likeness (QED) is 0.391. The van der Waals surface area contributed by atoms with Crippen LogP contribution in [0.2, 0.25) is 10.0 Å². The predicted octanol–water partition coefficient (Wildman–Crippen LogP) is 7.20. The lowest BCUT2D eigenvalue weighted by Crippen LogP contribution is -2.26. The molecule has 1 heterocycles. The van der Waals surface area contributed by atoms with Gasteiger partial charge in [0.05, 0.1) is 23.1 Å². The van der Waals surface area contributed by atoms with Crippen LogP contribution in [0.15, 0.2) is 54.7 Å². The Hall–Kier alpha value is -3.28. The van der Waals surface area contributed by atoms with Crippen molar-refractivity contribution in [1.29, 1.82) is 5.26 Å². The molecule has 170 valence electrons. The Morgan fingerprint density at radius 2 is 1.79 bits per heavy atom. The molecule has 1 aromatic heterocycles. The minimum atomic E-state index is -4.56. The third-order valence-corrected chi connectivity index (χ3v) is 5.58. The maximum atomic E-state index is 14.0. The zero-order valence-corrected chi connectivity index (χ0v) is 18.4. The number of alkyl halides is 3. The zero-order valence-electron chi connectivity index (χ0n) is 16.9. The predicted molar refractivity (Wildman–Crippen MR) is 116 cm³/mol. The fraction of sp³-hybridized carbons (Fsp3) is 0.174. The first-order chi connectivity index (χ1) is 15.5. The van der Waals surface area contributed by atoms with Crippen molar-refractivity contribution in [2.24, 2.45) is 0 Å². The second-order valence-electron chi connectivity index (χ2n) is 7.14. The molecule has 1 N–H and O–H groups in total. The van der Waals surface area contributed by atoms with E-state index in [2.05, 4.69) is 4.98 Å². The van der Waals surface area contributed by atoms with Crippen LogP contribution < -0.4 is 4.74 Å². The average molecular weight is 495 g/mol. The Morgan fingerprint density at radius 3 is 2.30 bits per heavy atom. The number of benzene rings is 2. The highest BCUT2D eigenvalue weighted by Crippen LogP contribution is 2.46. The Bertz CT molecular complexity index is 1230. The first-order valence-electron chi connectivity index (χ1n) is 9.44. The van der Waals surface area contributed by atoms with E-state index in [1.165, 1.54) is 49.4 Å². The summed E-state index contributed by atoms with van der Waals surface area (Å²) in [7, 11) is 0. The van der Waals surface area contributed by atoms with Gasteiger partial charge in [0.15, 0.2) is 0 Å². The number of ether oxygens (including phenoxy) is 1.